The van der Waals surface area contributed by atoms with Gasteiger partial charge in [-0.1, -0.05) is 0 Å². The van der Waals surface area contributed by atoms with E-state index < -0.39 is 17.0 Å². The van der Waals surface area contributed by atoms with E-state index in [4.69, 9.17) is 9.84 Å². The maximum Gasteiger partial charge on any atom is 0.332 e. The number of pyridine rings is 1. The third-order valence-electron chi connectivity index (χ3n) is 3.09. The van der Waals surface area contributed by atoms with Gasteiger partial charge in [0.25, 0.3) is 0 Å². The van der Waals surface area contributed by atoms with Gasteiger partial charge < -0.3 is 15.2 Å². The van der Waals surface area contributed by atoms with Crippen molar-refractivity contribution in [3.8, 4) is 0 Å². The van der Waals surface area contributed by atoms with E-state index in [1.165, 1.54) is 6.07 Å². The second-order valence-electron chi connectivity index (χ2n) is 4.62. The number of aryl methyl sites for hydroxylation is 1. The van der Waals surface area contributed by atoms with Crippen LogP contribution in [0.15, 0.2) is 12.1 Å². The highest BCUT2D eigenvalue weighted by Crippen LogP contribution is 2.24. The fourth-order valence-corrected chi connectivity index (χ4v) is 2.07. The van der Waals surface area contributed by atoms with Crippen molar-refractivity contribution in [2.45, 2.75) is 32.0 Å². The van der Waals surface area contributed by atoms with Crippen LogP contribution in [0.4, 0.5) is 11.5 Å². The summed E-state index contributed by atoms with van der Waals surface area (Å²) in [5.41, 5.74) is 0.553. The molecule has 0 bridgehead atoms. The van der Waals surface area contributed by atoms with Crippen LogP contribution in [-0.2, 0) is 9.53 Å². The Bertz CT molecular complexity index is 534. The van der Waals surface area contributed by atoms with Crippen LogP contribution in [0.1, 0.15) is 18.5 Å². The van der Waals surface area contributed by atoms with E-state index in [1.807, 2.05) is 0 Å². The number of ether oxygens (including phenoxy) is 1. The van der Waals surface area contributed by atoms with Gasteiger partial charge in [0, 0.05) is 18.3 Å². The number of hydrogen-bond donors (Lipinski definition) is 2. The monoisotopic (exact) mass is 281 g/mol. The first-order valence-corrected chi connectivity index (χ1v) is 6.21. The summed E-state index contributed by atoms with van der Waals surface area (Å²) < 4.78 is 5.32. The number of aliphatic carboxylic acids is 1. The molecule has 2 rings (SSSR count). The molecule has 0 spiro atoms. The fourth-order valence-electron chi connectivity index (χ4n) is 2.07. The molecule has 0 aliphatic carbocycles. The summed E-state index contributed by atoms with van der Waals surface area (Å²) in [6.45, 7) is 2.03. The highest BCUT2D eigenvalue weighted by atomic mass is 16.6. The molecule has 8 nitrogen and oxygen atoms in total. The van der Waals surface area contributed by atoms with Crippen molar-refractivity contribution in [1.82, 2.24) is 4.98 Å². The molecule has 2 unspecified atom stereocenters. The van der Waals surface area contributed by atoms with Crippen LogP contribution >= 0.6 is 0 Å². The SMILES string of the molecule is Cc1ccc([N+](=O)[O-])c(NCC2CCC(C(=O)O)O2)n1. The number of anilines is 1. The second-order valence-corrected chi connectivity index (χ2v) is 4.62. The van der Waals surface area contributed by atoms with E-state index in [-0.39, 0.29) is 17.6 Å². The van der Waals surface area contributed by atoms with Crippen LogP contribution in [0, 0.1) is 17.0 Å². The largest absolute Gasteiger partial charge is 0.479 e. The molecule has 20 heavy (non-hydrogen) atoms. The minimum Gasteiger partial charge on any atom is -0.479 e. The molecule has 1 aromatic rings. The Morgan fingerprint density at radius 1 is 1.60 bits per heavy atom. The number of aromatic nitrogens is 1. The van der Waals surface area contributed by atoms with Crippen LogP contribution < -0.4 is 5.32 Å². The summed E-state index contributed by atoms with van der Waals surface area (Å²) in [5, 5.41) is 22.6. The van der Waals surface area contributed by atoms with Gasteiger partial charge in [0.2, 0.25) is 5.82 Å². The Balaban J connectivity index is 1.99. The quantitative estimate of drug-likeness (QED) is 0.618. The van der Waals surface area contributed by atoms with E-state index in [0.717, 1.165) is 0 Å². The van der Waals surface area contributed by atoms with E-state index in [9.17, 15) is 14.9 Å². The average molecular weight is 281 g/mol. The van der Waals surface area contributed by atoms with Crippen LogP contribution in [0.25, 0.3) is 0 Å². The predicted molar refractivity (Wildman–Crippen MR) is 69.6 cm³/mol. The lowest BCUT2D eigenvalue weighted by Crippen LogP contribution is -2.25. The van der Waals surface area contributed by atoms with Gasteiger partial charge in [0.15, 0.2) is 6.10 Å². The number of carboxylic acid groups (broad SMARTS) is 1. The van der Waals surface area contributed by atoms with Gasteiger partial charge in [-0.2, -0.15) is 0 Å². The van der Waals surface area contributed by atoms with Crippen molar-refractivity contribution in [1.29, 1.82) is 0 Å². The summed E-state index contributed by atoms with van der Waals surface area (Å²) in [5.74, 6) is -0.801. The number of nitrogens with one attached hydrogen (secondary N) is 1. The molecule has 2 N–H and O–H groups in total. The number of nitrogens with zero attached hydrogens (tertiary/aromatic N) is 2. The molecule has 0 aromatic carbocycles. The molecule has 1 fully saturated rings. The molecule has 2 heterocycles. The summed E-state index contributed by atoms with van der Waals surface area (Å²) in [6.07, 6.45) is -0.0190. The Kier molecular flexibility index (Phi) is 4.14. The minimum atomic E-state index is -0.979. The normalized spacial score (nSPS) is 21.6. The molecule has 2 atom stereocenters. The Morgan fingerprint density at radius 3 is 2.95 bits per heavy atom. The van der Waals surface area contributed by atoms with Gasteiger partial charge in [-0.3, -0.25) is 10.1 Å². The molecule has 1 aliphatic heterocycles. The van der Waals surface area contributed by atoms with E-state index in [0.29, 0.717) is 25.1 Å². The van der Waals surface area contributed by atoms with Crippen LogP contribution in [0.5, 0.6) is 0 Å². The van der Waals surface area contributed by atoms with E-state index in [2.05, 4.69) is 10.3 Å². The molecule has 0 saturated carbocycles. The predicted octanol–water partition coefficient (Wildman–Crippen LogP) is 1.34. The Labute approximate surface area is 114 Å². The lowest BCUT2D eigenvalue weighted by Gasteiger charge is -2.13. The van der Waals surface area contributed by atoms with Gasteiger partial charge in [-0.25, -0.2) is 9.78 Å². The fraction of sp³-hybridized carbons (Fsp3) is 0.500. The molecule has 0 radical (unpaired) electrons. The van der Waals surface area contributed by atoms with Gasteiger partial charge in [-0.05, 0) is 25.8 Å². The Morgan fingerprint density at radius 2 is 2.35 bits per heavy atom. The first-order chi connectivity index (χ1) is 9.47. The van der Waals surface area contributed by atoms with Crippen LogP contribution in [-0.4, -0.2) is 39.7 Å². The smallest absolute Gasteiger partial charge is 0.332 e. The lowest BCUT2D eigenvalue weighted by molar-refractivity contribution is -0.384. The molecular formula is C12H15N3O5. The van der Waals surface area contributed by atoms with Crippen molar-refractivity contribution < 1.29 is 19.6 Å². The van der Waals surface area contributed by atoms with Crippen molar-refractivity contribution in [3.05, 3.63) is 27.9 Å². The number of nitro groups is 1. The molecule has 1 aromatic heterocycles. The summed E-state index contributed by atoms with van der Waals surface area (Å²) in [4.78, 5) is 25.2. The molecule has 0 amide bonds. The number of hydrogen-bond acceptors (Lipinski definition) is 6. The molecule has 1 saturated heterocycles. The highest BCUT2D eigenvalue weighted by molar-refractivity contribution is 5.72. The lowest BCUT2D eigenvalue weighted by atomic mass is 10.2. The number of rotatable bonds is 5. The first-order valence-electron chi connectivity index (χ1n) is 6.21. The molecule has 8 heteroatoms. The maximum atomic E-state index is 10.9. The average Bonchev–Trinajstić information content (AvgIpc) is 2.85. The second kappa shape index (κ2) is 5.83. The first kappa shape index (κ1) is 14.2. The maximum absolute atomic E-state index is 10.9. The van der Waals surface area contributed by atoms with E-state index in [1.54, 1.807) is 13.0 Å². The summed E-state index contributed by atoms with van der Waals surface area (Å²) in [6, 6.07) is 2.95. The van der Waals surface area contributed by atoms with Gasteiger partial charge in [-0.15, -0.1) is 0 Å². The molecule has 1 aliphatic rings. The van der Waals surface area contributed by atoms with Crippen molar-refractivity contribution in [3.63, 3.8) is 0 Å². The van der Waals surface area contributed by atoms with Crippen molar-refractivity contribution in [2.75, 3.05) is 11.9 Å². The highest BCUT2D eigenvalue weighted by Gasteiger charge is 2.30. The van der Waals surface area contributed by atoms with Crippen molar-refractivity contribution in [2.24, 2.45) is 0 Å². The third-order valence-corrected chi connectivity index (χ3v) is 3.09. The van der Waals surface area contributed by atoms with E-state index >= 15 is 0 Å². The zero-order valence-electron chi connectivity index (χ0n) is 10.9. The zero-order chi connectivity index (χ0) is 14.7. The van der Waals surface area contributed by atoms with Gasteiger partial charge in [0.05, 0.1) is 11.0 Å². The zero-order valence-corrected chi connectivity index (χ0v) is 10.9. The van der Waals surface area contributed by atoms with Crippen LogP contribution in [0.2, 0.25) is 0 Å². The topological polar surface area (TPSA) is 115 Å². The number of carboxylic acids is 1. The minimum absolute atomic E-state index is 0.108. The third kappa shape index (κ3) is 3.21. The summed E-state index contributed by atoms with van der Waals surface area (Å²) >= 11 is 0. The van der Waals surface area contributed by atoms with Gasteiger partial charge in [0.1, 0.15) is 0 Å². The van der Waals surface area contributed by atoms with Crippen LogP contribution in [0.3, 0.4) is 0 Å². The standard InChI is InChI=1S/C12H15N3O5/c1-7-2-4-9(15(18)19)11(14-7)13-6-8-3-5-10(20-8)12(16)17/h2,4,8,10H,3,5-6H2,1H3,(H,13,14)(H,16,17). The number of carbonyl (C=O) groups is 1. The molecule has 108 valence electrons. The Hall–Kier alpha value is -2.22. The summed E-state index contributed by atoms with van der Waals surface area (Å²) in [7, 11) is 0. The molecular weight excluding hydrogens is 266 g/mol. The van der Waals surface area contributed by atoms with Crippen molar-refractivity contribution >= 4 is 17.5 Å². The van der Waals surface area contributed by atoms with Gasteiger partial charge >= 0.3 is 11.7 Å².